The maximum atomic E-state index is 13.2. The standard InChI is InChI=1S/C19H20N2O3S/c1-13-7-8-14(2)17(11-13)21-19(22)20(12-15-9-10-15)16-5-3-4-6-18(16)25(21,23)24/h3-8,11,15H,9-10,12H2,1-2H3. The number of carbonyl (C=O) groups excluding carboxylic acids is 1. The van der Waals surface area contributed by atoms with E-state index in [4.69, 9.17) is 0 Å². The van der Waals surface area contributed by atoms with Gasteiger partial charge in [-0.25, -0.2) is 13.2 Å². The van der Waals surface area contributed by atoms with Crippen LogP contribution in [0, 0.1) is 19.8 Å². The van der Waals surface area contributed by atoms with E-state index in [9.17, 15) is 13.2 Å². The van der Waals surface area contributed by atoms with Crippen molar-refractivity contribution in [3.63, 3.8) is 0 Å². The van der Waals surface area contributed by atoms with Crippen molar-refractivity contribution in [3.05, 3.63) is 53.6 Å². The summed E-state index contributed by atoms with van der Waals surface area (Å²) < 4.78 is 27.4. The number of nitrogens with zero attached hydrogens (tertiary/aromatic N) is 2. The lowest BCUT2D eigenvalue weighted by Crippen LogP contribution is -2.52. The molecule has 1 aliphatic carbocycles. The Bertz CT molecular complexity index is 964. The van der Waals surface area contributed by atoms with Gasteiger partial charge in [-0.2, -0.15) is 4.31 Å². The Morgan fingerprint density at radius 2 is 1.76 bits per heavy atom. The highest BCUT2D eigenvalue weighted by Crippen LogP contribution is 2.41. The zero-order chi connectivity index (χ0) is 17.8. The average Bonchev–Trinajstić information content (AvgIpc) is 3.39. The van der Waals surface area contributed by atoms with Gasteiger partial charge in [-0.1, -0.05) is 24.3 Å². The van der Waals surface area contributed by atoms with Crippen molar-refractivity contribution in [2.45, 2.75) is 31.6 Å². The van der Waals surface area contributed by atoms with E-state index in [0.29, 0.717) is 23.8 Å². The molecule has 0 N–H and O–H groups in total. The Hall–Kier alpha value is -2.34. The number of urea groups is 1. The maximum absolute atomic E-state index is 13.2. The van der Waals surface area contributed by atoms with E-state index < -0.39 is 16.1 Å². The molecule has 5 nitrogen and oxygen atoms in total. The van der Waals surface area contributed by atoms with Gasteiger partial charge < -0.3 is 0 Å². The summed E-state index contributed by atoms with van der Waals surface area (Å²) in [6, 6.07) is 11.8. The molecule has 25 heavy (non-hydrogen) atoms. The van der Waals surface area contributed by atoms with Crippen LogP contribution in [0.25, 0.3) is 0 Å². The number of rotatable bonds is 3. The van der Waals surface area contributed by atoms with Crippen LogP contribution >= 0.6 is 0 Å². The predicted molar refractivity (Wildman–Crippen MR) is 97.5 cm³/mol. The quantitative estimate of drug-likeness (QED) is 0.839. The third-order valence-corrected chi connectivity index (χ3v) is 6.53. The average molecular weight is 356 g/mol. The van der Waals surface area contributed by atoms with E-state index in [1.807, 2.05) is 26.0 Å². The summed E-state index contributed by atoms with van der Waals surface area (Å²) in [6.07, 6.45) is 2.17. The summed E-state index contributed by atoms with van der Waals surface area (Å²) in [5.41, 5.74) is 2.59. The van der Waals surface area contributed by atoms with E-state index in [0.717, 1.165) is 28.3 Å². The molecule has 0 spiro atoms. The lowest BCUT2D eigenvalue weighted by Gasteiger charge is -2.37. The SMILES string of the molecule is Cc1ccc(C)c(N2C(=O)N(CC3CC3)c3ccccc3S2(=O)=O)c1. The van der Waals surface area contributed by atoms with Gasteiger partial charge in [0.15, 0.2) is 0 Å². The molecule has 130 valence electrons. The Labute approximate surface area is 147 Å². The molecule has 2 aliphatic rings. The number of aryl methyl sites for hydroxylation is 2. The largest absolute Gasteiger partial charge is 0.343 e. The van der Waals surface area contributed by atoms with E-state index in [2.05, 4.69) is 0 Å². The molecular formula is C19H20N2O3S. The van der Waals surface area contributed by atoms with Crippen LogP contribution in [0.5, 0.6) is 0 Å². The second-order valence-electron chi connectivity index (χ2n) is 6.86. The molecule has 4 rings (SSSR count). The predicted octanol–water partition coefficient (Wildman–Crippen LogP) is 3.85. The minimum absolute atomic E-state index is 0.191. The first-order chi connectivity index (χ1) is 11.9. The van der Waals surface area contributed by atoms with Gasteiger partial charge in [-0.05, 0) is 61.9 Å². The Kier molecular flexibility index (Phi) is 3.61. The number of hydrogen-bond acceptors (Lipinski definition) is 3. The third kappa shape index (κ3) is 2.61. The van der Waals surface area contributed by atoms with Crippen LogP contribution in [0.15, 0.2) is 47.4 Å². The number of anilines is 2. The van der Waals surface area contributed by atoms with Crippen molar-refractivity contribution in [2.75, 3.05) is 15.7 Å². The van der Waals surface area contributed by atoms with Crippen LogP contribution in [-0.2, 0) is 10.0 Å². The van der Waals surface area contributed by atoms with Gasteiger partial charge in [-0.15, -0.1) is 0 Å². The molecule has 0 saturated heterocycles. The number of benzene rings is 2. The van der Waals surface area contributed by atoms with Crippen LogP contribution in [0.2, 0.25) is 0 Å². The maximum Gasteiger partial charge on any atom is 0.343 e. The molecule has 2 amide bonds. The highest BCUT2D eigenvalue weighted by atomic mass is 32.2. The van der Waals surface area contributed by atoms with Crippen molar-refractivity contribution in [1.29, 1.82) is 0 Å². The number of hydrogen-bond donors (Lipinski definition) is 0. The van der Waals surface area contributed by atoms with Crippen molar-refractivity contribution in [3.8, 4) is 0 Å². The van der Waals surface area contributed by atoms with Gasteiger partial charge in [0.1, 0.15) is 4.90 Å². The Balaban J connectivity index is 1.92. The van der Waals surface area contributed by atoms with Crippen LogP contribution < -0.4 is 9.21 Å². The summed E-state index contributed by atoms with van der Waals surface area (Å²) >= 11 is 0. The highest BCUT2D eigenvalue weighted by Gasteiger charge is 2.44. The molecule has 0 atom stereocenters. The number of sulfonamides is 1. The molecule has 0 bridgehead atoms. The minimum atomic E-state index is -3.93. The fourth-order valence-electron chi connectivity index (χ4n) is 3.22. The third-order valence-electron chi connectivity index (χ3n) is 4.80. The molecule has 0 aromatic heterocycles. The fourth-order valence-corrected chi connectivity index (χ4v) is 4.87. The van der Waals surface area contributed by atoms with Gasteiger partial charge in [0, 0.05) is 6.54 Å². The Morgan fingerprint density at radius 3 is 2.48 bits per heavy atom. The monoisotopic (exact) mass is 356 g/mol. The molecule has 1 fully saturated rings. The van der Waals surface area contributed by atoms with Gasteiger partial charge in [-0.3, -0.25) is 4.90 Å². The first-order valence-corrected chi connectivity index (χ1v) is 9.87. The summed E-state index contributed by atoms with van der Waals surface area (Å²) in [5, 5.41) is 0. The lowest BCUT2D eigenvalue weighted by atomic mass is 10.1. The second-order valence-corrected chi connectivity index (χ2v) is 8.62. The first-order valence-electron chi connectivity index (χ1n) is 8.42. The smallest absolute Gasteiger partial charge is 0.292 e. The number of amides is 2. The van der Waals surface area contributed by atoms with Crippen LogP contribution in [0.1, 0.15) is 24.0 Å². The molecule has 1 saturated carbocycles. The zero-order valence-electron chi connectivity index (χ0n) is 14.3. The Morgan fingerprint density at radius 1 is 1.04 bits per heavy atom. The molecule has 6 heteroatoms. The lowest BCUT2D eigenvalue weighted by molar-refractivity contribution is 0.253. The molecule has 1 aliphatic heterocycles. The fraction of sp³-hybridized carbons (Fsp3) is 0.316. The number of carbonyl (C=O) groups is 1. The van der Waals surface area contributed by atoms with Gasteiger partial charge in [0.25, 0.3) is 10.0 Å². The minimum Gasteiger partial charge on any atom is -0.292 e. The molecular weight excluding hydrogens is 336 g/mol. The normalized spacial score (nSPS) is 19.0. The van der Waals surface area contributed by atoms with Crippen LogP contribution in [0.3, 0.4) is 0 Å². The van der Waals surface area contributed by atoms with E-state index in [-0.39, 0.29) is 4.90 Å². The molecule has 2 aromatic rings. The van der Waals surface area contributed by atoms with Crippen molar-refractivity contribution >= 4 is 27.4 Å². The van der Waals surface area contributed by atoms with Gasteiger partial charge in [0.2, 0.25) is 0 Å². The zero-order valence-corrected chi connectivity index (χ0v) is 15.1. The topological polar surface area (TPSA) is 57.7 Å². The second kappa shape index (κ2) is 5.59. The van der Waals surface area contributed by atoms with Crippen LogP contribution in [-0.4, -0.2) is 21.0 Å². The van der Waals surface area contributed by atoms with E-state index in [1.165, 1.54) is 0 Å². The van der Waals surface area contributed by atoms with E-state index in [1.54, 1.807) is 35.2 Å². The molecule has 2 aromatic carbocycles. The highest BCUT2D eigenvalue weighted by molar-refractivity contribution is 7.94. The summed E-state index contributed by atoms with van der Waals surface area (Å²) in [5.74, 6) is 0.457. The van der Waals surface area contributed by atoms with Crippen LogP contribution in [0.4, 0.5) is 16.2 Å². The van der Waals surface area contributed by atoms with E-state index >= 15 is 0 Å². The van der Waals surface area contributed by atoms with Crippen molar-refractivity contribution < 1.29 is 13.2 Å². The number of para-hydroxylation sites is 1. The van der Waals surface area contributed by atoms with Crippen molar-refractivity contribution in [1.82, 2.24) is 0 Å². The number of fused-ring (bicyclic) bond motifs is 1. The molecule has 0 unspecified atom stereocenters. The summed E-state index contributed by atoms with van der Waals surface area (Å²) in [7, 11) is -3.93. The van der Waals surface area contributed by atoms with Gasteiger partial charge >= 0.3 is 6.03 Å². The van der Waals surface area contributed by atoms with Crippen molar-refractivity contribution in [2.24, 2.45) is 5.92 Å². The first kappa shape index (κ1) is 16.1. The molecule has 0 radical (unpaired) electrons. The summed E-state index contributed by atoms with van der Waals surface area (Å²) in [4.78, 5) is 15.0. The molecule has 1 heterocycles. The van der Waals surface area contributed by atoms with Gasteiger partial charge in [0.05, 0.1) is 11.4 Å². The summed E-state index contributed by atoms with van der Waals surface area (Å²) in [6.45, 7) is 4.27.